The Balaban J connectivity index is 1.71. The average molecular weight is 345 g/mol. The Morgan fingerprint density at radius 2 is 2.17 bits per heavy atom. The smallest absolute Gasteiger partial charge is 0.0480 e. The van der Waals surface area contributed by atoms with Crippen LogP contribution in [0.2, 0.25) is 0 Å². The molecule has 1 aromatic heterocycles. The lowest BCUT2D eigenvalue weighted by atomic mass is 9.91. The number of nitrogens with zero attached hydrogens (tertiary/aromatic N) is 1. The summed E-state index contributed by atoms with van der Waals surface area (Å²) >= 11 is 8.40. The van der Waals surface area contributed by atoms with Gasteiger partial charge in [0.1, 0.15) is 0 Å². The summed E-state index contributed by atoms with van der Waals surface area (Å²) in [4.78, 5) is 4.01. The van der Waals surface area contributed by atoms with Crippen molar-refractivity contribution >= 4 is 39.3 Å². The summed E-state index contributed by atoms with van der Waals surface area (Å²) in [6.07, 6.45) is 3.18. The van der Waals surface area contributed by atoms with E-state index in [-0.39, 0.29) is 0 Å². The number of hydrogen-bond donors (Lipinski definition) is 1. The number of thiophene rings is 1. The standard InChI is InChI=1S/C19H21ClN2S/c1-12-13(2)22(10-8-14-4-3-11-23-14)17-6-5-16-19(18(12)17)15(20)7-9-21-16/h3-7,11-13,21H,8-10H2,1-2H3. The normalized spacial score (nSPS) is 22.4. The molecular weight excluding hydrogens is 324 g/mol. The van der Waals surface area contributed by atoms with E-state index in [9.17, 15) is 0 Å². The van der Waals surface area contributed by atoms with Gasteiger partial charge in [0.05, 0.1) is 0 Å². The number of benzene rings is 1. The Morgan fingerprint density at radius 1 is 1.30 bits per heavy atom. The van der Waals surface area contributed by atoms with Crippen LogP contribution in [0.3, 0.4) is 0 Å². The molecule has 0 aliphatic carbocycles. The number of nitrogens with one attached hydrogen (secondary N) is 1. The van der Waals surface area contributed by atoms with Crippen LogP contribution >= 0.6 is 22.9 Å². The second-order valence-electron chi connectivity index (χ2n) is 6.41. The average Bonchev–Trinajstić information content (AvgIpc) is 3.14. The van der Waals surface area contributed by atoms with Crippen molar-refractivity contribution in [2.45, 2.75) is 32.2 Å². The van der Waals surface area contributed by atoms with E-state index in [0.29, 0.717) is 12.0 Å². The highest BCUT2D eigenvalue weighted by atomic mass is 35.5. The molecule has 23 heavy (non-hydrogen) atoms. The molecule has 2 atom stereocenters. The van der Waals surface area contributed by atoms with E-state index in [2.05, 4.69) is 59.8 Å². The summed E-state index contributed by atoms with van der Waals surface area (Å²) in [6, 6.07) is 9.32. The Morgan fingerprint density at radius 3 is 2.96 bits per heavy atom. The molecule has 2 aromatic rings. The third-order valence-electron chi connectivity index (χ3n) is 5.19. The molecule has 0 bridgehead atoms. The number of fused-ring (bicyclic) bond motifs is 3. The van der Waals surface area contributed by atoms with Crippen molar-refractivity contribution in [1.29, 1.82) is 0 Å². The third kappa shape index (κ3) is 2.47. The minimum Gasteiger partial charge on any atom is -0.381 e. The molecule has 4 rings (SSSR count). The summed E-state index contributed by atoms with van der Waals surface area (Å²) in [5.74, 6) is 0.491. The fourth-order valence-corrected chi connectivity index (χ4v) is 4.80. The minimum atomic E-state index is 0.491. The van der Waals surface area contributed by atoms with Crippen LogP contribution in [0.25, 0.3) is 5.03 Å². The monoisotopic (exact) mass is 344 g/mol. The van der Waals surface area contributed by atoms with Crippen molar-refractivity contribution in [2.75, 3.05) is 23.3 Å². The zero-order valence-corrected chi connectivity index (χ0v) is 15.0. The Bertz CT molecular complexity index is 751. The number of rotatable bonds is 3. The predicted octanol–water partition coefficient (Wildman–Crippen LogP) is 5.31. The predicted molar refractivity (Wildman–Crippen MR) is 102 cm³/mol. The van der Waals surface area contributed by atoms with Crippen LogP contribution in [0.1, 0.15) is 35.8 Å². The van der Waals surface area contributed by atoms with E-state index in [0.717, 1.165) is 24.5 Å². The summed E-state index contributed by atoms with van der Waals surface area (Å²) in [6.45, 7) is 6.54. The maximum atomic E-state index is 6.55. The molecular formula is C19H21ClN2S. The maximum absolute atomic E-state index is 6.55. The van der Waals surface area contributed by atoms with Crippen molar-refractivity contribution in [1.82, 2.24) is 0 Å². The molecule has 2 aliphatic heterocycles. The highest BCUT2D eigenvalue weighted by molar-refractivity contribution is 7.09. The summed E-state index contributed by atoms with van der Waals surface area (Å²) in [5.41, 5.74) is 5.16. The maximum Gasteiger partial charge on any atom is 0.0480 e. The number of halogens is 1. The Labute approximate surface area is 146 Å². The molecule has 3 heterocycles. The lowest BCUT2D eigenvalue weighted by molar-refractivity contribution is 0.592. The van der Waals surface area contributed by atoms with E-state index in [1.807, 2.05) is 11.3 Å². The van der Waals surface area contributed by atoms with Crippen LogP contribution in [0.4, 0.5) is 11.4 Å². The van der Waals surface area contributed by atoms with Crippen LogP contribution in [0.5, 0.6) is 0 Å². The third-order valence-corrected chi connectivity index (χ3v) is 6.47. The molecule has 2 unspecified atom stereocenters. The molecule has 2 nitrogen and oxygen atoms in total. The van der Waals surface area contributed by atoms with Gasteiger partial charge in [0.2, 0.25) is 0 Å². The minimum absolute atomic E-state index is 0.491. The molecule has 120 valence electrons. The van der Waals surface area contributed by atoms with E-state index in [1.165, 1.54) is 27.4 Å². The largest absolute Gasteiger partial charge is 0.381 e. The second-order valence-corrected chi connectivity index (χ2v) is 7.85. The first kappa shape index (κ1) is 15.1. The molecule has 2 aliphatic rings. The van der Waals surface area contributed by atoms with Crippen LogP contribution in [0.15, 0.2) is 35.7 Å². The molecule has 0 saturated carbocycles. The van der Waals surface area contributed by atoms with E-state index < -0.39 is 0 Å². The van der Waals surface area contributed by atoms with Crippen molar-refractivity contribution in [3.63, 3.8) is 0 Å². The first-order chi connectivity index (χ1) is 11.2. The second kappa shape index (κ2) is 5.88. The lowest BCUT2D eigenvalue weighted by Gasteiger charge is -2.26. The van der Waals surface area contributed by atoms with E-state index in [1.54, 1.807) is 0 Å². The number of hydrogen-bond acceptors (Lipinski definition) is 3. The zero-order chi connectivity index (χ0) is 16.0. The quantitative estimate of drug-likeness (QED) is 0.811. The number of anilines is 2. The molecule has 0 amide bonds. The fraction of sp³-hybridized carbons (Fsp3) is 0.368. The summed E-state index contributed by atoms with van der Waals surface area (Å²) in [5, 5.41) is 6.51. The topological polar surface area (TPSA) is 15.3 Å². The van der Waals surface area contributed by atoms with Crippen LogP contribution in [0, 0.1) is 0 Å². The first-order valence-corrected chi connectivity index (χ1v) is 9.48. The van der Waals surface area contributed by atoms with Gasteiger partial charge in [-0.05, 0) is 48.6 Å². The van der Waals surface area contributed by atoms with Gasteiger partial charge in [-0.25, -0.2) is 0 Å². The van der Waals surface area contributed by atoms with Gasteiger partial charge in [0.15, 0.2) is 0 Å². The van der Waals surface area contributed by atoms with Gasteiger partial charge < -0.3 is 10.2 Å². The Hall–Kier alpha value is -1.45. The van der Waals surface area contributed by atoms with Gasteiger partial charge in [-0.15, -0.1) is 11.3 Å². The molecule has 4 heteroatoms. The van der Waals surface area contributed by atoms with Crippen molar-refractivity contribution in [3.8, 4) is 0 Å². The fourth-order valence-electron chi connectivity index (χ4n) is 3.82. The molecule has 1 aromatic carbocycles. The molecule has 1 N–H and O–H groups in total. The van der Waals surface area contributed by atoms with Crippen molar-refractivity contribution < 1.29 is 0 Å². The SMILES string of the molecule is CC1c2c(ccc3c2C(Cl)=CCN3)N(CCc2cccs2)C1C. The molecule has 0 fully saturated rings. The van der Waals surface area contributed by atoms with Gasteiger partial charge in [0.25, 0.3) is 0 Å². The van der Waals surface area contributed by atoms with Crippen LogP contribution in [-0.2, 0) is 6.42 Å². The van der Waals surface area contributed by atoms with Gasteiger partial charge >= 0.3 is 0 Å². The molecule has 0 radical (unpaired) electrons. The van der Waals surface area contributed by atoms with Crippen molar-refractivity contribution in [3.05, 3.63) is 51.7 Å². The van der Waals surface area contributed by atoms with Crippen LogP contribution < -0.4 is 10.2 Å². The zero-order valence-electron chi connectivity index (χ0n) is 13.5. The van der Waals surface area contributed by atoms with Gasteiger partial charge in [-0.3, -0.25) is 0 Å². The summed E-state index contributed by atoms with van der Waals surface area (Å²) in [7, 11) is 0. The Kier molecular flexibility index (Phi) is 3.86. The van der Waals surface area contributed by atoms with Crippen molar-refractivity contribution in [2.24, 2.45) is 0 Å². The van der Waals surface area contributed by atoms with Crippen LogP contribution in [-0.4, -0.2) is 19.1 Å². The summed E-state index contributed by atoms with van der Waals surface area (Å²) < 4.78 is 0. The van der Waals surface area contributed by atoms with Gasteiger partial charge in [0, 0.05) is 51.9 Å². The van der Waals surface area contributed by atoms with E-state index in [4.69, 9.17) is 11.6 Å². The highest BCUT2D eigenvalue weighted by Crippen LogP contribution is 2.48. The molecule has 0 spiro atoms. The molecule has 0 saturated heterocycles. The van der Waals surface area contributed by atoms with Gasteiger partial charge in [-0.1, -0.05) is 24.6 Å². The van der Waals surface area contributed by atoms with Gasteiger partial charge in [-0.2, -0.15) is 0 Å². The highest BCUT2D eigenvalue weighted by Gasteiger charge is 2.36. The first-order valence-electron chi connectivity index (χ1n) is 8.22. The van der Waals surface area contributed by atoms with E-state index >= 15 is 0 Å². The lowest BCUT2D eigenvalue weighted by Crippen LogP contribution is -2.32.